The Labute approximate surface area is 180 Å². The molecule has 3 rings (SSSR count). The van der Waals surface area contributed by atoms with Crippen LogP contribution in [0.3, 0.4) is 0 Å². The van der Waals surface area contributed by atoms with Crippen LogP contribution in [0, 0.1) is 15.3 Å². The number of allylic oxidation sites excluding steroid dienone is 1. The van der Waals surface area contributed by atoms with E-state index in [1.807, 2.05) is 48.8 Å². The van der Waals surface area contributed by atoms with Crippen LogP contribution >= 0.6 is 0 Å². The quantitative estimate of drug-likeness (QED) is 0.351. The van der Waals surface area contributed by atoms with Crippen molar-refractivity contribution in [3.8, 4) is 0 Å². The molecule has 0 unspecified atom stereocenters. The van der Waals surface area contributed by atoms with Crippen LogP contribution < -0.4 is 10.6 Å². The monoisotopic (exact) mass is 439 g/mol. The number of aliphatic imine (C=N–C) groups is 1. The standard InChI is InChI=1S/C20H23N4.NO3.Ni/c1-2-16-14-23-19-10-5-3-8-17(19)21-12-7-13-22-18-9-4-6-11-20(18)24-15-16;2-1(3)4;/h3-6,8-11,14-15,21-22H,2,7,12-13H2,1H3;;/q2*-1;+2/b16-14-,24-15?;;. The van der Waals surface area contributed by atoms with E-state index in [9.17, 15) is 0 Å². The maximum absolute atomic E-state index is 8.25. The second-order valence-corrected chi connectivity index (χ2v) is 5.91. The predicted molar refractivity (Wildman–Crippen MR) is 114 cm³/mol. The minimum absolute atomic E-state index is 0. The van der Waals surface area contributed by atoms with E-state index in [1.54, 1.807) is 0 Å². The number of rotatable bonds is 1. The van der Waals surface area contributed by atoms with Crippen LogP contribution in [0.5, 0.6) is 0 Å². The molecule has 0 aliphatic carbocycles. The van der Waals surface area contributed by atoms with Gasteiger partial charge in [0.25, 0.3) is 0 Å². The van der Waals surface area contributed by atoms with Crippen LogP contribution in [0.4, 0.5) is 22.7 Å². The molecule has 0 aromatic heterocycles. The number of anilines is 2. The average molecular weight is 440 g/mol. The summed E-state index contributed by atoms with van der Waals surface area (Å²) < 4.78 is 0. The van der Waals surface area contributed by atoms with Gasteiger partial charge in [-0.2, -0.15) is 6.20 Å². The van der Waals surface area contributed by atoms with Crippen LogP contribution in [-0.4, -0.2) is 24.4 Å². The fourth-order valence-corrected chi connectivity index (χ4v) is 2.53. The molecule has 2 aromatic rings. The zero-order chi connectivity index (χ0) is 20.2. The molecule has 29 heavy (non-hydrogen) atoms. The topological polar surface area (TPSA) is 117 Å². The van der Waals surface area contributed by atoms with Crippen molar-refractivity contribution < 1.29 is 21.6 Å². The van der Waals surface area contributed by atoms with Gasteiger partial charge < -0.3 is 31.3 Å². The van der Waals surface area contributed by atoms with Gasteiger partial charge in [-0.25, -0.2) is 0 Å². The Balaban J connectivity index is 0.000000771. The normalized spacial score (nSPS) is 14.9. The number of hydrogen-bond donors (Lipinski definition) is 2. The molecule has 2 aromatic carbocycles. The Hall–Kier alpha value is -3.06. The number of hydrogen-bond acceptors (Lipinski definition) is 6. The van der Waals surface area contributed by atoms with Crippen molar-refractivity contribution in [2.45, 2.75) is 19.8 Å². The van der Waals surface area contributed by atoms with E-state index in [0.29, 0.717) is 0 Å². The van der Waals surface area contributed by atoms with Crippen LogP contribution in [0.15, 0.2) is 65.3 Å². The Kier molecular flexibility index (Phi) is 10.9. The van der Waals surface area contributed by atoms with Crippen molar-refractivity contribution >= 4 is 29.0 Å². The van der Waals surface area contributed by atoms with Crippen LogP contribution in [0.2, 0.25) is 0 Å². The Morgan fingerprint density at radius 3 is 2.31 bits per heavy atom. The number of fused-ring (bicyclic) bond motifs is 2. The molecule has 8 nitrogen and oxygen atoms in total. The van der Waals surface area contributed by atoms with Crippen molar-refractivity contribution in [1.82, 2.24) is 0 Å². The summed E-state index contributed by atoms with van der Waals surface area (Å²) in [5.41, 5.74) is 5.15. The molecular formula is C20H23N5NiO3. The molecule has 2 N–H and O–H groups in total. The smallest absolute Gasteiger partial charge is 0.662 e. The second-order valence-electron chi connectivity index (χ2n) is 5.91. The number of benzene rings is 2. The Bertz CT molecular complexity index is 838. The molecule has 0 bridgehead atoms. The molecule has 0 amide bonds. The van der Waals surface area contributed by atoms with Gasteiger partial charge in [-0.15, -0.1) is 5.69 Å². The molecule has 1 heterocycles. The number of para-hydroxylation sites is 4. The van der Waals surface area contributed by atoms with Crippen LogP contribution in [0.1, 0.15) is 19.8 Å². The maximum Gasteiger partial charge on any atom is 2.00 e. The summed E-state index contributed by atoms with van der Waals surface area (Å²) in [7, 11) is 0. The summed E-state index contributed by atoms with van der Waals surface area (Å²) in [4.78, 5) is 12.9. The molecule has 0 atom stereocenters. The van der Waals surface area contributed by atoms with Gasteiger partial charge in [0.1, 0.15) is 0 Å². The minimum atomic E-state index is -1.75. The Morgan fingerprint density at radius 1 is 1.03 bits per heavy atom. The molecule has 0 saturated heterocycles. The van der Waals surface area contributed by atoms with Crippen LogP contribution in [0.25, 0.3) is 5.32 Å². The third-order valence-electron chi connectivity index (χ3n) is 3.94. The molecule has 9 heteroatoms. The van der Waals surface area contributed by atoms with Gasteiger partial charge in [0.15, 0.2) is 0 Å². The summed E-state index contributed by atoms with van der Waals surface area (Å²) in [6.07, 6.45) is 5.72. The molecule has 0 saturated carbocycles. The van der Waals surface area contributed by atoms with Gasteiger partial charge in [0.2, 0.25) is 0 Å². The SMILES string of the molecule is CC/C1=C/[N-]c2ccccc2NCCCNc2ccccc2N=C1.O=[N+]([O-])[O-].[Ni+2]. The van der Waals surface area contributed by atoms with E-state index in [1.165, 1.54) is 0 Å². The third kappa shape index (κ3) is 8.66. The largest absolute Gasteiger partial charge is 2.00 e. The third-order valence-corrected chi connectivity index (χ3v) is 3.94. The summed E-state index contributed by atoms with van der Waals surface area (Å²) in [6.45, 7) is 3.91. The first-order valence-corrected chi connectivity index (χ1v) is 9.01. The summed E-state index contributed by atoms with van der Waals surface area (Å²) in [5.74, 6) is 0. The zero-order valence-corrected chi connectivity index (χ0v) is 17.0. The second kappa shape index (κ2) is 13.2. The van der Waals surface area contributed by atoms with Crippen LogP contribution in [-0.2, 0) is 16.5 Å². The summed E-state index contributed by atoms with van der Waals surface area (Å²) >= 11 is 0. The predicted octanol–water partition coefficient (Wildman–Crippen LogP) is 5.37. The van der Waals surface area contributed by atoms with Gasteiger partial charge in [-0.1, -0.05) is 42.8 Å². The van der Waals surface area contributed by atoms with E-state index < -0.39 is 5.09 Å². The maximum atomic E-state index is 8.25. The van der Waals surface area contributed by atoms with Gasteiger partial charge in [-0.05, 0) is 31.0 Å². The van der Waals surface area contributed by atoms with Gasteiger partial charge >= 0.3 is 16.5 Å². The summed E-state index contributed by atoms with van der Waals surface area (Å²) in [5, 5.41) is 26.4. The van der Waals surface area contributed by atoms with Crippen molar-refractivity contribution in [3.63, 3.8) is 0 Å². The van der Waals surface area contributed by atoms with E-state index in [4.69, 9.17) is 15.3 Å². The average Bonchev–Trinajstić information content (AvgIpc) is 2.69. The number of nitrogens with zero attached hydrogens (tertiary/aromatic N) is 3. The van der Waals surface area contributed by atoms with E-state index >= 15 is 0 Å². The molecule has 156 valence electrons. The Morgan fingerprint density at radius 2 is 1.62 bits per heavy atom. The van der Waals surface area contributed by atoms with E-state index in [0.717, 1.165) is 54.3 Å². The van der Waals surface area contributed by atoms with E-state index in [2.05, 4.69) is 40.0 Å². The number of nitrogens with one attached hydrogen (secondary N) is 2. The van der Waals surface area contributed by atoms with Crippen molar-refractivity contribution in [2.24, 2.45) is 4.99 Å². The van der Waals surface area contributed by atoms with Crippen molar-refractivity contribution in [2.75, 3.05) is 23.7 Å². The minimum Gasteiger partial charge on any atom is -0.662 e. The first-order valence-electron chi connectivity index (χ1n) is 9.01. The first-order chi connectivity index (χ1) is 13.6. The molecular weight excluding hydrogens is 417 g/mol. The molecule has 1 aliphatic heterocycles. The zero-order valence-electron chi connectivity index (χ0n) is 16.0. The van der Waals surface area contributed by atoms with Gasteiger partial charge in [0, 0.05) is 25.0 Å². The fraction of sp³-hybridized carbons (Fsp3) is 0.250. The first kappa shape index (κ1) is 24.0. The van der Waals surface area contributed by atoms with E-state index in [-0.39, 0.29) is 16.5 Å². The fourth-order valence-electron chi connectivity index (χ4n) is 2.53. The summed E-state index contributed by atoms with van der Waals surface area (Å²) in [6, 6.07) is 16.3. The molecule has 0 spiro atoms. The van der Waals surface area contributed by atoms with Crippen molar-refractivity contribution in [1.29, 1.82) is 0 Å². The molecule has 0 radical (unpaired) electrons. The molecule has 0 fully saturated rings. The van der Waals surface area contributed by atoms with Gasteiger partial charge in [0.05, 0.1) is 16.5 Å². The molecule has 1 aliphatic rings. The van der Waals surface area contributed by atoms with Gasteiger partial charge in [-0.3, -0.25) is 4.99 Å². The van der Waals surface area contributed by atoms with Crippen molar-refractivity contribution in [3.05, 3.63) is 80.9 Å².